The molecule has 6 nitrogen and oxygen atoms in total. The number of benzene rings is 1. The van der Waals surface area contributed by atoms with E-state index in [4.69, 9.17) is 11.6 Å². The number of carbonyl (C=O) groups excluding carboxylic acids is 1. The summed E-state index contributed by atoms with van der Waals surface area (Å²) in [6, 6.07) is 6.86. The number of anilines is 1. The fraction of sp³-hybridized carbons (Fsp3) is 0.438. The van der Waals surface area contributed by atoms with Crippen LogP contribution in [0.3, 0.4) is 0 Å². The monoisotopic (exact) mass is 333 g/mol. The van der Waals surface area contributed by atoms with Crippen molar-refractivity contribution in [3.63, 3.8) is 0 Å². The van der Waals surface area contributed by atoms with Crippen LogP contribution in [0.5, 0.6) is 0 Å². The number of fused-ring (bicyclic) bond motifs is 1. The molecule has 1 aliphatic rings. The van der Waals surface area contributed by atoms with Gasteiger partial charge in [-0.25, -0.2) is 4.79 Å². The van der Waals surface area contributed by atoms with Crippen molar-refractivity contribution in [3.05, 3.63) is 40.9 Å². The molecular weight excluding hydrogens is 314 g/mol. The highest BCUT2D eigenvalue weighted by Crippen LogP contribution is 2.16. The van der Waals surface area contributed by atoms with Crippen molar-refractivity contribution in [3.8, 4) is 0 Å². The number of rotatable bonds is 3. The van der Waals surface area contributed by atoms with E-state index < -0.39 is 0 Å². The summed E-state index contributed by atoms with van der Waals surface area (Å²) in [7, 11) is 1.75. The number of aromatic nitrogens is 3. The van der Waals surface area contributed by atoms with Crippen molar-refractivity contribution in [1.82, 2.24) is 19.7 Å². The van der Waals surface area contributed by atoms with Crippen molar-refractivity contribution in [2.45, 2.75) is 38.8 Å². The maximum Gasteiger partial charge on any atom is 0.321 e. The number of halogens is 1. The summed E-state index contributed by atoms with van der Waals surface area (Å²) < 4.78 is 2.15. The Hall–Kier alpha value is -2.08. The molecule has 2 amide bonds. The lowest BCUT2D eigenvalue weighted by Crippen LogP contribution is -2.32. The first-order valence-corrected chi connectivity index (χ1v) is 8.20. The number of carbonyl (C=O) groups is 1. The van der Waals surface area contributed by atoms with Gasteiger partial charge in [0.05, 0.1) is 6.54 Å². The molecule has 1 aromatic carbocycles. The Morgan fingerprint density at radius 1 is 1.26 bits per heavy atom. The maximum atomic E-state index is 12.3. The van der Waals surface area contributed by atoms with Crippen LogP contribution in [0, 0.1) is 0 Å². The molecule has 3 rings (SSSR count). The van der Waals surface area contributed by atoms with Crippen LogP contribution in [0.4, 0.5) is 10.5 Å². The Bertz CT molecular complexity index is 682. The van der Waals surface area contributed by atoms with E-state index in [9.17, 15) is 4.79 Å². The standard InChI is InChI=1S/C16H20ClN5O/c1-21(16(23)18-13-8-6-12(17)7-9-13)11-15-20-19-14-5-3-2-4-10-22(14)15/h6-9H,2-5,10-11H2,1H3,(H,18,23). The van der Waals surface area contributed by atoms with Gasteiger partial charge < -0.3 is 14.8 Å². The molecule has 1 aromatic heterocycles. The highest BCUT2D eigenvalue weighted by Gasteiger charge is 2.18. The SMILES string of the molecule is CN(Cc1nnc2n1CCCCC2)C(=O)Nc1ccc(Cl)cc1. The van der Waals surface area contributed by atoms with Gasteiger partial charge in [0.2, 0.25) is 0 Å². The van der Waals surface area contributed by atoms with E-state index in [1.807, 2.05) is 0 Å². The van der Waals surface area contributed by atoms with Crippen molar-refractivity contribution in [2.75, 3.05) is 12.4 Å². The number of hydrogen-bond acceptors (Lipinski definition) is 3. The highest BCUT2D eigenvalue weighted by molar-refractivity contribution is 6.30. The van der Waals surface area contributed by atoms with E-state index in [1.165, 1.54) is 6.42 Å². The molecule has 0 unspecified atom stereocenters. The van der Waals surface area contributed by atoms with Crippen LogP contribution in [0.2, 0.25) is 5.02 Å². The van der Waals surface area contributed by atoms with E-state index in [0.29, 0.717) is 17.3 Å². The van der Waals surface area contributed by atoms with Crippen LogP contribution in [0.1, 0.15) is 30.9 Å². The van der Waals surface area contributed by atoms with Crippen molar-refractivity contribution in [1.29, 1.82) is 0 Å². The predicted octanol–water partition coefficient (Wildman–Crippen LogP) is 3.32. The van der Waals surface area contributed by atoms with Crippen LogP contribution >= 0.6 is 11.6 Å². The van der Waals surface area contributed by atoms with E-state index in [-0.39, 0.29) is 6.03 Å². The third-order valence-corrected chi connectivity index (χ3v) is 4.26. The summed E-state index contributed by atoms with van der Waals surface area (Å²) in [6.45, 7) is 1.37. The minimum absolute atomic E-state index is 0.182. The van der Waals surface area contributed by atoms with Crippen molar-refractivity contribution >= 4 is 23.3 Å². The third-order valence-electron chi connectivity index (χ3n) is 4.01. The summed E-state index contributed by atoms with van der Waals surface area (Å²) in [5.74, 6) is 1.87. The normalized spacial score (nSPS) is 14.0. The van der Waals surface area contributed by atoms with E-state index >= 15 is 0 Å². The highest BCUT2D eigenvalue weighted by atomic mass is 35.5. The van der Waals surface area contributed by atoms with Gasteiger partial charge in [0, 0.05) is 30.7 Å². The molecule has 0 spiro atoms. The topological polar surface area (TPSA) is 63.1 Å². The van der Waals surface area contributed by atoms with E-state index in [0.717, 1.165) is 37.5 Å². The molecule has 1 N–H and O–H groups in total. The van der Waals surface area contributed by atoms with Crippen molar-refractivity contribution in [2.24, 2.45) is 0 Å². The van der Waals surface area contributed by atoms with Gasteiger partial charge in [0.25, 0.3) is 0 Å². The Morgan fingerprint density at radius 3 is 2.83 bits per heavy atom. The van der Waals surface area contributed by atoms with Gasteiger partial charge in [0.15, 0.2) is 5.82 Å². The van der Waals surface area contributed by atoms with Crippen LogP contribution in [0.15, 0.2) is 24.3 Å². The molecule has 0 aliphatic carbocycles. The van der Waals surface area contributed by atoms with Gasteiger partial charge in [-0.2, -0.15) is 0 Å². The molecule has 0 fully saturated rings. The Balaban J connectivity index is 1.64. The molecule has 2 aromatic rings. The third kappa shape index (κ3) is 3.82. The van der Waals surface area contributed by atoms with Gasteiger partial charge in [0.1, 0.15) is 5.82 Å². The number of urea groups is 1. The summed E-state index contributed by atoms with van der Waals surface area (Å²) in [5, 5.41) is 12.0. The molecule has 1 aliphatic heterocycles. The average molecular weight is 334 g/mol. The van der Waals surface area contributed by atoms with Gasteiger partial charge in [-0.1, -0.05) is 18.0 Å². The van der Waals surface area contributed by atoms with Crippen molar-refractivity contribution < 1.29 is 4.79 Å². The molecule has 0 saturated carbocycles. The lowest BCUT2D eigenvalue weighted by Gasteiger charge is -2.18. The van der Waals surface area contributed by atoms with Crippen LogP contribution < -0.4 is 5.32 Å². The first-order chi connectivity index (χ1) is 11.1. The molecule has 0 atom stereocenters. The second kappa shape index (κ2) is 7.00. The molecular formula is C16H20ClN5O. The van der Waals surface area contributed by atoms with Crippen LogP contribution in [-0.4, -0.2) is 32.7 Å². The summed E-state index contributed by atoms with van der Waals surface area (Å²) in [4.78, 5) is 13.9. The zero-order chi connectivity index (χ0) is 16.2. The minimum atomic E-state index is -0.182. The first kappa shape index (κ1) is 15.8. The quantitative estimate of drug-likeness (QED) is 0.937. The molecule has 122 valence electrons. The zero-order valence-corrected chi connectivity index (χ0v) is 13.9. The van der Waals surface area contributed by atoms with Gasteiger partial charge in [-0.15, -0.1) is 10.2 Å². The van der Waals surface area contributed by atoms with E-state index in [2.05, 4.69) is 20.1 Å². The predicted molar refractivity (Wildman–Crippen MR) is 89.5 cm³/mol. The number of aryl methyl sites for hydroxylation is 1. The molecule has 0 bridgehead atoms. The molecule has 2 heterocycles. The number of hydrogen-bond donors (Lipinski definition) is 1. The molecule has 0 saturated heterocycles. The number of nitrogens with zero attached hydrogens (tertiary/aromatic N) is 4. The fourth-order valence-corrected chi connectivity index (χ4v) is 2.82. The van der Waals surface area contributed by atoms with Crippen LogP contribution in [0.25, 0.3) is 0 Å². The van der Waals surface area contributed by atoms with Gasteiger partial charge in [-0.3, -0.25) is 0 Å². The molecule has 23 heavy (non-hydrogen) atoms. The largest absolute Gasteiger partial charge is 0.321 e. The number of amides is 2. The first-order valence-electron chi connectivity index (χ1n) is 7.82. The second-order valence-corrected chi connectivity index (χ2v) is 6.22. The molecule has 7 heteroatoms. The summed E-state index contributed by atoms with van der Waals surface area (Å²) in [5.41, 5.74) is 0.714. The lowest BCUT2D eigenvalue weighted by molar-refractivity contribution is 0.219. The lowest BCUT2D eigenvalue weighted by atomic mass is 10.2. The Labute approximate surface area is 140 Å². The second-order valence-electron chi connectivity index (χ2n) is 5.79. The maximum absolute atomic E-state index is 12.3. The number of nitrogens with one attached hydrogen (secondary N) is 1. The minimum Gasteiger partial charge on any atom is -0.320 e. The smallest absolute Gasteiger partial charge is 0.320 e. The Morgan fingerprint density at radius 2 is 2.04 bits per heavy atom. The van der Waals surface area contributed by atoms with E-state index in [1.54, 1.807) is 36.2 Å². The average Bonchev–Trinajstić information content (AvgIpc) is 2.77. The van der Waals surface area contributed by atoms with Gasteiger partial charge >= 0.3 is 6.03 Å². The Kier molecular flexibility index (Phi) is 4.81. The zero-order valence-electron chi connectivity index (χ0n) is 13.1. The van der Waals surface area contributed by atoms with Gasteiger partial charge in [-0.05, 0) is 37.1 Å². The summed E-state index contributed by atoms with van der Waals surface area (Å²) in [6.07, 6.45) is 4.48. The van der Waals surface area contributed by atoms with Crippen LogP contribution in [-0.2, 0) is 19.5 Å². The summed E-state index contributed by atoms with van der Waals surface area (Å²) >= 11 is 5.85. The fourth-order valence-electron chi connectivity index (χ4n) is 2.70. The molecule has 0 radical (unpaired) electrons.